The Morgan fingerprint density at radius 1 is 1.31 bits per heavy atom. The van der Waals surface area contributed by atoms with E-state index < -0.39 is 11.3 Å². The zero-order chi connectivity index (χ0) is 26.0. The maximum atomic E-state index is 15.4. The first-order valence-electron chi connectivity index (χ1n) is 13.9. The second kappa shape index (κ2) is 14.1. The number of unbranched alkanes of at least 4 members (excludes halogenated alkanes) is 1. The summed E-state index contributed by atoms with van der Waals surface area (Å²) in [6, 6.07) is 7.49. The van der Waals surface area contributed by atoms with Gasteiger partial charge in [-0.1, -0.05) is 43.0 Å². The number of rotatable bonds is 13. The number of methoxy groups -OCH3 is 1. The van der Waals surface area contributed by atoms with Gasteiger partial charge in [0.2, 0.25) is 5.91 Å². The lowest BCUT2D eigenvalue weighted by atomic mass is 9.74. The van der Waals surface area contributed by atoms with Crippen LogP contribution in [0.5, 0.6) is 0 Å². The molecule has 0 unspecified atom stereocenters. The zero-order valence-electron chi connectivity index (χ0n) is 22.2. The lowest BCUT2D eigenvalue weighted by molar-refractivity contribution is -0.138. The van der Waals surface area contributed by atoms with Crippen LogP contribution >= 0.6 is 11.6 Å². The maximum absolute atomic E-state index is 15.4. The fourth-order valence-electron chi connectivity index (χ4n) is 6.36. The number of hydrogen-bond acceptors (Lipinski definition) is 4. The van der Waals surface area contributed by atoms with Crippen LogP contribution in [0.4, 0.5) is 4.39 Å². The van der Waals surface area contributed by atoms with Crippen LogP contribution in [0.3, 0.4) is 0 Å². The van der Waals surface area contributed by atoms with Gasteiger partial charge in [-0.05, 0) is 88.6 Å². The van der Waals surface area contributed by atoms with E-state index in [9.17, 15) is 9.90 Å². The lowest BCUT2D eigenvalue weighted by Crippen LogP contribution is -2.48. The summed E-state index contributed by atoms with van der Waals surface area (Å²) < 4.78 is 20.7. The standard InChI is InChI=1S/C29H46ClFN2O3/c1-32-21-23(20-28(31)13-4-3-5-14-28)18-27(34)33-16-9-11-25(22-33)29(35,15-6-7-17-36-2)24-10-8-12-26(30)19-24/h8,10,12,19,23,25,32,35H,3-7,9,11,13-18,20-22H2,1-2H3/t23-,25-,29-/m1/s1. The number of benzene rings is 1. The Bertz CT molecular complexity index is 819. The Labute approximate surface area is 222 Å². The summed E-state index contributed by atoms with van der Waals surface area (Å²) in [5.41, 5.74) is -1.39. The minimum absolute atomic E-state index is 0.0214. The molecule has 1 saturated carbocycles. The molecule has 7 heteroatoms. The van der Waals surface area contributed by atoms with Gasteiger partial charge in [-0.15, -0.1) is 0 Å². The van der Waals surface area contributed by atoms with Gasteiger partial charge in [0, 0.05) is 44.2 Å². The average molecular weight is 525 g/mol. The van der Waals surface area contributed by atoms with Gasteiger partial charge < -0.3 is 20.1 Å². The van der Waals surface area contributed by atoms with Crippen LogP contribution in [0.25, 0.3) is 0 Å². The van der Waals surface area contributed by atoms with Gasteiger partial charge in [0.1, 0.15) is 5.67 Å². The summed E-state index contributed by atoms with van der Waals surface area (Å²) in [6.45, 7) is 2.50. The van der Waals surface area contributed by atoms with Gasteiger partial charge in [-0.3, -0.25) is 4.79 Å². The molecular weight excluding hydrogens is 479 g/mol. The molecule has 1 heterocycles. The number of carbonyl (C=O) groups excluding carboxylic acids is 1. The number of nitrogens with one attached hydrogen (secondary N) is 1. The maximum Gasteiger partial charge on any atom is 0.222 e. The molecule has 1 aliphatic heterocycles. The SMILES string of the molecule is CNC[C@H](CC(=O)N1CCC[C@@H]([C@@](O)(CCCCOC)c2cccc(Cl)c2)C1)CC1(F)CCCCC1. The molecule has 204 valence electrons. The summed E-state index contributed by atoms with van der Waals surface area (Å²) in [7, 11) is 3.56. The third-order valence-corrected chi connectivity index (χ3v) is 8.53. The monoisotopic (exact) mass is 524 g/mol. The number of amides is 1. The number of aliphatic hydroxyl groups is 1. The minimum Gasteiger partial charge on any atom is -0.385 e. The van der Waals surface area contributed by atoms with Gasteiger partial charge in [0.15, 0.2) is 0 Å². The molecule has 5 nitrogen and oxygen atoms in total. The topological polar surface area (TPSA) is 61.8 Å². The van der Waals surface area contributed by atoms with Crippen molar-refractivity contribution in [2.24, 2.45) is 11.8 Å². The van der Waals surface area contributed by atoms with Crippen molar-refractivity contribution in [2.45, 2.75) is 88.3 Å². The first kappa shape index (κ1) is 29.3. The molecule has 2 fully saturated rings. The predicted molar refractivity (Wildman–Crippen MR) is 144 cm³/mol. The number of ether oxygens (including phenoxy) is 1. The van der Waals surface area contributed by atoms with Crippen molar-refractivity contribution in [2.75, 3.05) is 40.4 Å². The van der Waals surface area contributed by atoms with Crippen molar-refractivity contribution >= 4 is 17.5 Å². The van der Waals surface area contributed by atoms with Crippen molar-refractivity contribution in [1.29, 1.82) is 0 Å². The van der Waals surface area contributed by atoms with Crippen molar-refractivity contribution in [3.8, 4) is 0 Å². The molecule has 1 aromatic rings. The van der Waals surface area contributed by atoms with E-state index in [1.54, 1.807) is 7.11 Å². The summed E-state index contributed by atoms with van der Waals surface area (Å²) in [4.78, 5) is 15.4. The summed E-state index contributed by atoms with van der Waals surface area (Å²) >= 11 is 6.30. The number of halogens is 2. The first-order chi connectivity index (χ1) is 17.3. The van der Waals surface area contributed by atoms with Crippen LogP contribution in [0.1, 0.15) is 82.6 Å². The minimum atomic E-state index is -1.14. The summed E-state index contributed by atoms with van der Waals surface area (Å²) in [6.07, 6.45) is 9.00. The quantitative estimate of drug-likeness (QED) is 0.317. The van der Waals surface area contributed by atoms with Gasteiger partial charge in [-0.25, -0.2) is 4.39 Å². The Morgan fingerprint density at radius 3 is 2.78 bits per heavy atom. The first-order valence-corrected chi connectivity index (χ1v) is 14.3. The van der Waals surface area contributed by atoms with Gasteiger partial charge in [-0.2, -0.15) is 0 Å². The Kier molecular flexibility index (Phi) is 11.5. The Hall–Kier alpha value is -1.21. The molecule has 36 heavy (non-hydrogen) atoms. The smallest absolute Gasteiger partial charge is 0.222 e. The van der Waals surface area contributed by atoms with Crippen LogP contribution in [0.2, 0.25) is 5.02 Å². The number of likely N-dealkylation sites (tertiary alicyclic amines) is 1. The second-order valence-corrected chi connectivity index (χ2v) is 11.5. The van der Waals surface area contributed by atoms with E-state index in [0.717, 1.165) is 50.5 Å². The number of alkyl halides is 1. The molecule has 1 saturated heterocycles. The Balaban J connectivity index is 1.70. The van der Waals surface area contributed by atoms with Crippen LogP contribution in [-0.2, 0) is 15.1 Å². The fraction of sp³-hybridized carbons (Fsp3) is 0.759. The highest BCUT2D eigenvalue weighted by molar-refractivity contribution is 6.30. The van der Waals surface area contributed by atoms with Crippen molar-refractivity contribution in [1.82, 2.24) is 10.2 Å². The predicted octanol–water partition coefficient (Wildman–Crippen LogP) is 5.87. The van der Waals surface area contributed by atoms with Crippen molar-refractivity contribution in [3.05, 3.63) is 34.9 Å². The average Bonchev–Trinajstić information content (AvgIpc) is 2.87. The third-order valence-electron chi connectivity index (χ3n) is 8.29. The highest BCUT2D eigenvalue weighted by Gasteiger charge is 2.42. The van der Waals surface area contributed by atoms with Crippen molar-refractivity contribution < 1.29 is 19.0 Å². The summed E-state index contributed by atoms with van der Waals surface area (Å²) in [5, 5.41) is 15.8. The normalized spacial score (nSPS) is 22.7. The molecule has 1 amide bonds. The number of piperidine rings is 1. The van der Waals surface area contributed by atoms with E-state index in [4.69, 9.17) is 16.3 Å². The molecule has 0 bridgehead atoms. The molecule has 0 radical (unpaired) electrons. The van der Waals surface area contributed by atoms with Crippen LogP contribution in [0.15, 0.2) is 24.3 Å². The van der Waals surface area contributed by atoms with Gasteiger partial charge in [0.25, 0.3) is 0 Å². The molecule has 3 atom stereocenters. The molecule has 2 aliphatic rings. The largest absolute Gasteiger partial charge is 0.385 e. The molecule has 2 N–H and O–H groups in total. The van der Waals surface area contributed by atoms with E-state index in [0.29, 0.717) is 63.4 Å². The third kappa shape index (κ3) is 8.14. The van der Waals surface area contributed by atoms with Crippen LogP contribution in [0, 0.1) is 11.8 Å². The molecule has 1 aromatic carbocycles. The summed E-state index contributed by atoms with van der Waals surface area (Å²) in [5.74, 6) is -0.0242. The lowest BCUT2D eigenvalue weighted by Gasteiger charge is -2.43. The fourth-order valence-corrected chi connectivity index (χ4v) is 6.55. The Morgan fingerprint density at radius 2 is 2.08 bits per heavy atom. The number of carbonyl (C=O) groups is 1. The van der Waals surface area contributed by atoms with E-state index in [-0.39, 0.29) is 17.7 Å². The van der Waals surface area contributed by atoms with Gasteiger partial charge >= 0.3 is 0 Å². The highest BCUT2D eigenvalue weighted by atomic mass is 35.5. The van der Waals surface area contributed by atoms with Crippen molar-refractivity contribution in [3.63, 3.8) is 0 Å². The van der Waals surface area contributed by atoms with E-state index in [1.165, 1.54) is 0 Å². The second-order valence-electron chi connectivity index (χ2n) is 11.1. The van der Waals surface area contributed by atoms with Crippen LogP contribution < -0.4 is 5.32 Å². The number of hydrogen-bond donors (Lipinski definition) is 2. The molecule has 0 aromatic heterocycles. The number of nitrogens with zero attached hydrogens (tertiary/aromatic N) is 1. The zero-order valence-corrected chi connectivity index (χ0v) is 23.0. The highest BCUT2D eigenvalue weighted by Crippen LogP contribution is 2.41. The van der Waals surface area contributed by atoms with E-state index in [2.05, 4.69) is 5.32 Å². The molecular formula is C29H46ClFN2O3. The molecule has 3 rings (SSSR count). The van der Waals surface area contributed by atoms with E-state index >= 15 is 4.39 Å². The van der Waals surface area contributed by atoms with Crippen LogP contribution in [-0.4, -0.2) is 62.0 Å². The molecule has 0 spiro atoms. The van der Waals surface area contributed by atoms with Gasteiger partial charge in [0.05, 0.1) is 5.60 Å². The van der Waals surface area contributed by atoms with E-state index in [1.807, 2.05) is 36.2 Å². The molecule has 1 aliphatic carbocycles.